The van der Waals surface area contributed by atoms with Crippen molar-refractivity contribution in [2.24, 2.45) is 0 Å². The quantitative estimate of drug-likeness (QED) is 0.726. The van der Waals surface area contributed by atoms with Gasteiger partial charge in [0.1, 0.15) is 0 Å². The Balaban J connectivity index is 1.91. The Hall–Kier alpha value is -1.24. The fourth-order valence-electron chi connectivity index (χ4n) is 2.09. The average Bonchev–Trinajstić information content (AvgIpc) is 2.63. The first-order valence-electron chi connectivity index (χ1n) is 5.71. The number of benzene rings is 1. The molecular weight excluding hydrogens is 182 g/mol. The summed E-state index contributed by atoms with van der Waals surface area (Å²) in [7, 11) is 0. The van der Waals surface area contributed by atoms with Gasteiger partial charge in [-0.3, -0.25) is 0 Å². The molecule has 0 radical (unpaired) electrons. The van der Waals surface area contributed by atoms with E-state index in [1.54, 1.807) is 0 Å². The molecule has 1 aromatic rings. The van der Waals surface area contributed by atoms with Gasteiger partial charge in [-0.2, -0.15) is 0 Å². The van der Waals surface area contributed by atoms with Crippen molar-refractivity contribution in [3.05, 3.63) is 47.2 Å². The lowest BCUT2D eigenvalue weighted by atomic mass is 10.1. The molecule has 0 aromatic heterocycles. The molecule has 0 N–H and O–H groups in total. The molecule has 0 saturated carbocycles. The third kappa shape index (κ3) is 2.62. The summed E-state index contributed by atoms with van der Waals surface area (Å²) < 4.78 is 0. The molecule has 0 spiro atoms. The van der Waals surface area contributed by atoms with Gasteiger partial charge in [0.2, 0.25) is 0 Å². The maximum Gasteiger partial charge on any atom is 0.0213 e. The van der Waals surface area contributed by atoms with E-state index in [1.807, 2.05) is 0 Å². The van der Waals surface area contributed by atoms with Crippen molar-refractivity contribution in [3.8, 4) is 0 Å². The number of aryl methyl sites for hydroxylation is 1. The van der Waals surface area contributed by atoms with E-state index < -0.39 is 0 Å². The monoisotopic (exact) mass is 201 g/mol. The summed E-state index contributed by atoms with van der Waals surface area (Å²) >= 11 is 0. The van der Waals surface area contributed by atoms with Crippen molar-refractivity contribution < 1.29 is 0 Å². The summed E-state index contributed by atoms with van der Waals surface area (Å²) in [5.41, 5.74) is 4.41. The van der Waals surface area contributed by atoms with Crippen LogP contribution in [0.15, 0.2) is 36.0 Å². The Bertz CT molecular complexity index is 365. The lowest BCUT2D eigenvalue weighted by Gasteiger charge is -2.15. The van der Waals surface area contributed by atoms with Crippen LogP contribution in [0, 0.1) is 6.92 Å². The van der Waals surface area contributed by atoms with Gasteiger partial charge in [0.25, 0.3) is 0 Å². The third-order valence-electron chi connectivity index (χ3n) is 3.13. The largest absolute Gasteiger partial charge is 0.377 e. The summed E-state index contributed by atoms with van der Waals surface area (Å²) in [6.45, 7) is 6.77. The van der Waals surface area contributed by atoms with E-state index in [4.69, 9.17) is 0 Å². The van der Waals surface area contributed by atoms with Crippen LogP contribution in [-0.4, -0.2) is 18.0 Å². The molecule has 0 amide bonds. The van der Waals surface area contributed by atoms with E-state index >= 15 is 0 Å². The molecule has 0 bridgehead atoms. The van der Waals surface area contributed by atoms with Gasteiger partial charge in [-0.05, 0) is 44.0 Å². The summed E-state index contributed by atoms with van der Waals surface area (Å²) in [4.78, 5) is 2.43. The molecule has 1 aromatic carbocycles. The second kappa shape index (κ2) is 4.52. The van der Waals surface area contributed by atoms with Crippen LogP contribution in [0.2, 0.25) is 0 Å². The highest BCUT2D eigenvalue weighted by Gasteiger charge is 2.08. The molecule has 80 valence electrons. The highest BCUT2D eigenvalue weighted by atomic mass is 15.1. The van der Waals surface area contributed by atoms with Gasteiger partial charge in [0, 0.05) is 13.1 Å². The summed E-state index contributed by atoms with van der Waals surface area (Å²) in [5, 5.41) is 0. The van der Waals surface area contributed by atoms with Gasteiger partial charge in [-0.1, -0.05) is 29.8 Å². The van der Waals surface area contributed by atoms with E-state index in [0.717, 1.165) is 13.0 Å². The number of hydrogen-bond acceptors (Lipinski definition) is 1. The molecule has 0 atom stereocenters. The topological polar surface area (TPSA) is 3.24 Å². The fourth-order valence-corrected chi connectivity index (χ4v) is 2.09. The number of rotatable bonds is 3. The van der Waals surface area contributed by atoms with Crippen LogP contribution in [0.4, 0.5) is 0 Å². The molecule has 0 aliphatic carbocycles. The number of hydrogen-bond donors (Lipinski definition) is 0. The van der Waals surface area contributed by atoms with Gasteiger partial charge in [-0.25, -0.2) is 0 Å². The maximum absolute atomic E-state index is 2.43. The molecule has 2 rings (SSSR count). The molecule has 1 aliphatic rings. The minimum atomic E-state index is 1.15. The standard InChI is InChI=1S/C14H19N/c1-12-7-9-15(11-12)10-8-14-6-4-3-5-13(14)2/h3-6,11H,7-10H2,1-2H3. The van der Waals surface area contributed by atoms with Crippen LogP contribution in [-0.2, 0) is 6.42 Å². The third-order valence-corrected chi connectivity index (χ3v) is 3.13. The first-order valence-corrected chi connectivity index (χ1v) is 5.71. The smallest absolute Gasteiger partial charge is 0.0213 e. The maximum atomic E-state index is 2.43. The highest BCUT2D eigenvalue weighted by Crippen LogP contribution is 2.14. The molecule has 1 aliphatic heterocycles. The average molecular weight is 201 g/mol. The van der Waals surface area contributed by atoms with Gasteiger partial charge in [0.15, 0.2) is 0 Å². The van der Waals surface area contributed by atoms with Gasteiger partial charge in [0.05, 0.1) is 0 Å². The molecule has 1 nitrogen and oxygen atoms in total. The summed E-state index contributed by atoms with van der Waals surface area (Å²) in [6.07, 6.45) is 4.71. The molecule has 1 heteroatoms. The first-order chi connectivity index (χ1) is 7.25. The van der Waals surface area contributed by atoms with E-state index in [1.165, 1.54) is 29.7 Å². The zero-order valence-corrected chi connectivity index (χ0v) is 9.66. The second-order valence-corrected chi connectivity index (χ2v) is 4.44. The van der Waals surface area contributed by atoms with Crippen molar-refractivity contribution in [2.45, 2.75) is 26.7 Å². The summed E-state index contributed by atoms with van der Waals surface area (Å²) in [6, 6.07) is 8.68. The van der Waals surface area contributed by atoms with Crippen LogP contribution in [0.5, 0.6) is 0 Å². The lowest BCUT2D eigenvalue weighted by Crippen LogP contribution is -2.17. The predicted molar refractivity (Wildman–Crippen MR) is 64.8 cm³/mol. The molecule has 0 unspecified atom stereocenters. The van der Waals surface area contributed by atoms with Gasteiger partial charge in [-0.15, -0.1) is 0 Å². The van der Waals surface area contributed by atoms with Crippen LogP contribution >= 0.6 is 0 Å². The molecular formula is C14H19N. The Morgan fingerprint density at radius 2 is 2.00 bits per heavy atom. The van der Waals surface area contributed by atoms with Gasteiger partial charge < -0.3 is 4.90 Å². The van der Waals surface area contributed by atoms with Crippen molar-refractivity contribution in [2.75, 3.05) is 13.1 Å². The van der Waals surface area contributed by atoms with Crippen LogP contribution in [0.3, 0.4) is 0 Å². The zero-order chi connectivity index (χ0) is 10.7. The Morgan fingerprint density at radius 1 is 1.20 bits per heavy atom. The molecule has 1 heterocycles. The first kappa shape index (κ1) is 10.3. The summed E-state index contributed by atoms with van der Waals surface area (Å²) in [5.74, 6) is 0. The molecule has 0 fully saturated rings. The van der Waals surface area contributed by atoms with Crippen molar-refractivity contribution in [3.63, 3.8) is 0 Å². The number of nitrogens with zero attached hydrogens (tertiary/aromatic N) is 1. The van der Waals surface area contributed by atoms with Crippen LogP contribution in [0.25, 0.3) is 0 Å². The van der Waals surface area contributed by atoms with Crippen molar-refractivity contribution in [1.82, 2.24) is 4.90 Å². The minimum absolute atomic E-state index is 1.15. The highest BCUT2D eigenvalue weighted by molar-refractivity contribution is 5.25. The van der Waals surface area contributed by atoms with Crippen LogP contribution < -0.4 is 0 Å². The molecule has 0 saturated heterocycles. The van der Waals surface area contributed by atoms with E-state index in [2.05, 4.69) is 49.2 Å². The van der Waals surface area contributed by atoms with Crippen LogP contribution in [0.1, 0.15) is 24.5 Å². The van der Waals surface area contributed by atoms with E-state index in [-0.39, 0.29) is 0 Å². The molecule has 15 heavy (non-hydrogen) atoms. The Kier molecular flexibility index (Phi) is 3.10. The van der Waals surface area contributed by atoms with Crippen molar-refractivity contribution >= 4 is 0 Å². The van der Waals surface area contributed by atoms with Crippen molar-refractivity contribution in [1.29, 1.82) is 0 Å². The van der Waals surface area contributed by atoms with E-state index in [9.17, 15) is 0 Å². The minimum Gasteiger partial charge on any atom is -0.377 e. The fraction of sp³-hybridized carbons (Fsp3) is 0.429. The Morgan fingerprint density at radius 3 is 2.67 bits per heavy atom. The van der Waals surface area contributed by atoms with E-state index in [0.29, 0.717) is 0 Å². The zero-order valence-electron chi connectivity index (χ0n) is 9.66. The normalized spacial score (nSPS) is 15.6. The SMILES string of the molecule is CC1=CN(CCc2ccccc2C)CC1. The lowest BCUT2D eigenvalue weighted by molar-refractivity contribution is 0.410. The Labute approximate surface area is 92.4 Å². The predicted octanol–water partition coefficient (Wildman–Crippen LogP) is 3.15. The second-order valence-electron chi connectivity index (χ2n) is 4.44. The van der Waals surface area contributed by atoms with Gasteiger partial charge >= 0.3 is 0 Å².